The maximum absolute atomic E-state index is 13.1. The average Bonchev–Trinajstić information content (AvgIpc) is 3.70. The molecule has 46 heavy (non-hydrogen) atoms. The average molecular weight is 632 g/mol. The Morgan fingerprint density at radius 2 is 1.72 bits per heavy atom. The lowest BCUT2D eigenvalue weighted by Crippen LogP contribution is -2.38. The zero-order chi connectivity index (χ0) is 32.5. The number of rotatable bonds is 11. The minimum Gasteiger partial charge on any atom is -0.492 e. The molecule has 0 saturated carbocycles. The number of aromatic nitrogens is 3. The first kappa shape index (κ1) is 32.2. The summed E-state index contributed by atoms with van der Waals surface area (Å²) >= 11 is 0. The van der Waals surface area contributed by atoms with Crippen LogP contribution in [0.4, 0.5) is 26.9 Å². The topological polar surface area (TPSA) is 162 Å². The van der Waals surface area contributed by atoms with Gasteiger partial charge in [-0.2, -0.15) is 4.68 Å². The Bertz CT molecular complexity index is 1660. The number of ether oxygens (including phenoxy) is 3. The first-order valence-corrected chi connectivity index (χ1v) is 15.1. The first-order valence-electron chi connectivity index (χ1n) is 15.1. The highest BCUT2D eigenvalue weighted by atomic mass is 16.6. The minimum atomic E-state index is -0.699. The van der Waals surface area contributed by atoms with Crippen molar-refractivity contribution in [2.24, 2.45) is 0 Å². The second-order valence-corrected chi connectivity index (χ2v) is 10.4. The number of hydrogen-bond donors (Lipinski definition) is 3. The van der Waals surface area contributed by atoms with Crippen molar-refractivity contribution < 1.29 is 33.1 Å². The van der Waals surface area contributed by atoms with Gasteiger partial charge in [0.1, 0.15) is 18.1 Å². The third kappa shape index (κ3) is 8.28. The summed E-state index contributed by atoms with van der Waals surface area (Å²) in [6.07, 6.45) is -0.0429. The first-order chi connectivity index (χ1) is 22.3. The van der Waals surface area contributed by atoms with E-state index < -0.39 is 18.0 Å². The molecule has 3 heterocycles. The molecule has 0 bridgehead atoms. The van der Waals surface area contributed by atoms with Gasteiger partial charge in [-0.15, -0.1) is 5.10 Å². The molecule has 2 aromatic heterocycles. The monoisotopic (exact) mass is 631 g/mol. The van der Waals surface area contributed by atoms with Gasteiger partial charge in [-0.1, -0.05) is 18.1 Å². The molecule has 0 atom stereocenters. The maximum Gasteiger partial charge on any atom is 0.435 e. The lowest BCUT2D eigenvalue weighted by molar-refractivity contribution is 0.0322. The van der Waals surface area contributed by atoms with E-state index in [-0.39, 0.29) is 12.4 Å². The van der Waals surface area contributed by atoms with Crippen molar-refractivity contribution in [1.82, 2.24) is 19.8 Å². The van der Waals surface area contributed by atoms with E-state index in [1.165, 1.54) is 0 Å². The fourth-order valence-electron chi connectivity index (χ4n) is 4.75. The quantitative estimate of drug-likeness (QED) is 0.205. The molecule has 1 saturated heterocycles. The van der Waals surface area contributed by atoms with Crippen LogP contribution in [0.25, 0.3) is 11.3 Å². The lowest BCUT2D eigenvalue weighted by Gasteiger charge is -2.26. The fourth-order valence-corrected chi connectivity index (χ4v) is 4.75. The molecule has 0 spiro atoms. The number of carbonyl (C=O) groups excluding carboxylic acids is 3. The van der Waals surface area contributed by atoms with Crippen LogP contribution in [0.1, 0.15) is 35.5 Å². The molecule has 14 nitrogen and oxygen atoms in total. The molecule has 4 aromatic rings. The van der Waals surface area contributed by atoms with Gasteiger partial charge in [0.05, 0.1) is 25.5 Å². The van der Waals surface area contributed by atoms with E-state index in [1.54, 1.807) is 61.5 Å². The van der Waals surface area contributed by atoms with E-state index in [0.717, 1.165) is 43.1 Å². The van der Waals surface area contributed by atoms with Crippen LogP contribution < -0.4 is 20.7 Å². The van der Waals surface area contributed by atoms with Crippen LogP contribution in [0.15, 0.2) is 59.1 Å². The smallest absolute Gasteiger partial charge is 0.435 e. The van der Waals surface area contributed by atoms with Crippen molar-refractivity contribution in [2.45, 2.75) is 27.2 Å². The largest absolute Gasteiger partial charge is 0.492 e. The summed E-state index contributed by atoms with van der Waals surface area (Å²) in [6, 6.07) is 14.8. The standard InChI is InChI=1S/C32H37N7O7/c1-4-24-19-29(37-46-24)35-31(41)33-26-11-8-23(18-21(26)3)27-20-28(36-39(27)32(42)44-5-2)34-30(40)22-6-9-25(10-7-22)45-17-14-38-12-15-43-16-13-38/h6-11,18-20H,4-5,12-17H2,1-3H3,(H,34,36,40)(H2,33,35,37,41). The van der Waals surface area contributed by atoms with Crippen molar-refractivity contribution in [2.75, 3.05) is 62.0 Å². The molecule has 0 unspecified atom stereocenters. The molecule has 1 aliphatic rings. The molecule has 14 heteroatoms. The van der Waals surface area contributed by atoms with E-state index in [1.807, 2.05) is 13.8 Å². The molecule has 2 aromatic carbocycles. The Kier molecular flexibility index (Phi) is 10.6. The summed E-state index contributed by atoms with van der Waals surface area (Å²) in [5, 5.41) is 16.3. The molecule has 1 aliphatic heterocycles. The van der Waals surface area contributed by atoms with Gasteiger partial charge in [-0.3, -0.25) is 15.0 Å². The number of hydrogen-bond acceptors (Lipinski definition) is 10. The van der Waals surface area contributed by atoms with Crippen molar-refractivity contribution >= 4 is 35.4 Å². The number of benzene rings is 2. The fraction of sp³-hybridized carbons (Fsp3) is 0.344. The van der Waals surface area contributed by atoms with Crippen molar-refractivity contribution in [3.63, 3.8) is 0 Å². The zero-order valence-electron chi connectivity index (χ0n) is 26.0. The molecule has 5 rings (SSSR count). The van der Waals surface area contributed by atoms with E-state index in [2.05, 4.69) is 31.1 Å². The Morgan fingerprint density at radius 3 is 2.41 bits per heavy atom. The molecule has 0 radical (unpaired) electrons. The SMILES string of the molecule is CCOC(=O)n1nc(NC(=O)c2ccc(OCCN3CCOCC3)cc2)cc1-c1ccc(NC(=O)Nc2cc(CC)on2)c(C)c1. The van der Waals surface area contributed by atoms with Gasteiger partial charge in [0.2, 0.25) is 0 Å². The molecule has 0 aliphatic carbocycles. The predicted octanol–water partition coefficient (Wildman–Crippen LogP) is 5.02. The van der Waals surface area contributed by atoms with Crippen LogP contribution >= 0.6 is 0 Å². The van der Waals surface area contributed by atoms with Gasteiger partial charge >= 0.3 is 12.1 Å². The van der Waals surface area contributed by atoms with Gasteiger partial charge in [0, 0.05) is 55.0 Å². The number of aryl methyl sites for hydroxylation is 2. The highest BCUT2D eigenvalue weighted by molar-refractivity contribution is 6.04. The van der Waals surface area contributed by atoms with Crippen LogP contribution in [-0.2, 0) is 15.9 Å². The Balaban J connectivity index is 1.24. The molecular formula is C32H37N7O7. The Labute approximate surface area is 266 Å². The molecular weight excluding hydrogens is 594 g/mol. The summed E-state index contributed by atoms with van der Waals surface area (Å²) in [6.45, 7) is 10.2. The summed E-state index contributed by atoms with van der Waals surface area (Å²) < 4.78 is 22.6. The van der Waals surface area contributed by atoms with Crippen molar-refractivity contribution in [3.05, 3.63) is 71.5 Å². The molecule has 242 valence electrons. The zero-order valence-corrected chi connectivity index (χ0v) is 26.0. The Hall–Kier alpha value is -5.21. The van der Waals surface area contributed by atoms with E-state index in [9.17, 15) is 14.4 Å². The number of urea groups is 1. The van der Waals surface area contributed by atoms with E-state index in [0.29, 0.717) is 52.9 Å². The third-order valence-corrected chi connectivity index (χ3v) is 7.21. The number of anilines is 3. The highest BCUT2D eigenvalue weighted by Crippen LogP contribution is 2.28. The molecule has 3 amide bonds. The number of morpholine rings is 1. The summed E-state index contributed by atoms with van der Waals surface area (Å²) in [5.74, 6) is 1.38. The van der Waals surface area contributed by atoms with E-state index >= 15 is 0 Å². The predicted molar refractivity (Wildman–Crippen MR) is 170 cm³/mol. The lowest BCUT2D eigenvalue weighted by atomic mass is 10.1. The number of nitrogens with one attached hydrogen (secondary N) is 3. The van der Waals surface area contributed by atoms with Crippen LogP contribution in [-0.4, -0.2) is 83.9 Å². The molecule has 3 N–H and O–H groups in total. The van der Waals surface area contributed by atoms with Crippen molar-refractivity contribution in [1.29, 1.82) is 0 Å². The maximum atomic E-state index is 13.1. The summed E-state index contributed by atoms with van der Waals surface area (Å²) in [4.78, 5) is 40.6. The van der Waals surface area contributed by atoms with Crippen LogP contribution in [0.2, 0.25) is 0 Å². The highest BCUT2D eigenvalue weighted by Gasteiger charge is 2.20. The summed E-state index contributed by atoms with van der Waals surface area (Å²) in [5.41, 5.74) is 2.67. The van der Waals surface area contributed by atoms with Gasteiger partial charge < -0.3 is 29.4 Å². The van der Waals surface area contributed by atoms with Gasteiger partial charge in [-0.25, -0.2) is 9.59 Å². The van der Waals surface area contributed by atoms with Crippen LogP contribution in [0.5, 0.6) is 5.75 Å². The molecule has 1 fully saturated rings. The van der Waals surface area contributed by atoms with Gasteiger partial charge in [0.15, 0.2) is 11.6 Å². The van der Waals surface area contributed by atoms with Crippen LogP contribution in [0, 0.1) is 6.92 Å². The van der Waals surface area contributed by atoms with Crippen molar-refractivity contribution in [3.8, 4) is 17.0 Å². The number of carbonyl (C=O) groups is 3. The summed E-state index contributed by atoms with van der Waals surface area (Å²) in [7, 11) is 0. The van der Waals surface area contributed by atoms with Gasteiger partial charge in [0.25, 0.3) is 5.91 Å². The van der Waals surface area contributed by atoms with Gasteiger partial charge in [-0.05, 0) is 55.8 Å². The normalized spacial score (nSPS) is 13.2. The van der Waals surface area contributed by atoms with E-state index in [4.69, 9.17) is 18.7 Å². The number of amides is 3. The second-order valence-electron chi connectivity index (χ2n) is 10.4. The van der Waals surface area contributed by atoms with Crippen LogP contribution in [0.3, 0.4) is 0 Å². The third-order valence-electron chi connectivity index (χ3n) is 7.21. The number of nitrogens with zero attached hydrogens (tertiary/aromatic N) is 4. The minimum absolute atomic E-state index is 0.142. The second kappa shape index (κ2) is 15.2. The Morgan fingerprint density at radius 1 is 0.935 bits per heavy atom.